The van der Waals surface area contributed by atoms with E-state index in [0.29, 0.717) is 0 Å². The summed E-state index contributed by atoms with van der Waals surface area (Å²) in [4.78, 5) is 16.8. The molecule has 0 saturated heterocycles. The molecule has 0 atom stereocenters. The second-order valence-corrected chi connectivity index (χ2v) is 6.68. The Balaban J connectivity index is 0.00000256. The van der Waals surface area contributed by atoms with E-state index in [1.165, 1.54) is 18.5 Å². The van der Waals surface area contributed by atoms with Gasteiger partial charge in [0.25, 0.3) is 6.33 Å². The smallest absolute Gasteiger partial charge is 0.290 e. The van der Waals surface area contributed by atoms with E-state index >= 15 is 0 Å². The minimum absolute atomic E-state index is 0. The first kappa shape index (κ1) is 21.6. The molecule has 3 aromatic carbocycles. The predicted octanol–water partition coefficient (Wildman–Crippen LogP) is 5.67. The number of alkyl halides is 3. The number of aromatic nitrogens is 2. The number of hydrogen-bond donors (Lipinski definition) is 0. The van der Waals surface area contributed by atoms with Crippen molar-refractivity contribution in [3.05, 3.63) is 96.4 Å². The maximum absolute atomic E-state index is 12.8. The van der Waals surface area contributed by atoms with Gasteiger partial charge in [0.1, 0.15) is 0 Å². The van der Waals surface area contributed by atoms with Crippen LogP contribution in [-0.2, 0) is 12.7 Å². The molecule has 0 N–H and O–H groups in total. The monoisotopic (exact) mass is 473 g/mol. The summed E-state index contributed by atoms with van der Waals surface area (Å²) in [5.41, 5.74) is 0.877. The van der Waals surface area contributed by atoms with Crippen molar-refractivity contribution >= 4 is 33.5 Å². The Morgan fingerprint density at radius 3 is 2.37 bits per heavy atom. The summed E-state index contributed by atoms with van der Waals surface area (Å²) in [6.07, 6.45) is -1.27. The molecule has 0 bridgehead atoms. The lowest BCUT2D eigenvalue weighted by Gasteiger charge is -2.07. The van der Waals surface area contributed by atoms with Crippen LogP contribution >= 0.6 is 17.0 Å². The zero-order valence-corrected chi connectivity index (χ0v) is 17.3. The molecule has 30 heavy (non-hydrogen) atoms. The van der Waals surface area contributed by atoms with E-state index in [9.17, 15) is 18.0 Å². The van der Waals surface area contributed by atoms with Crippen LogP contribution in [0.15, 0.2) is 85.3 Å². The summed E-state index contributed by atoms with van der Waals surface area (Å²) < 4.78 is 40.1. The summed E-state index contributed by atoms with van der Waals surface area (Å²) >= 11 is 0. The topological polar surface area (TPSA) is 33.8 Å². The first-order valence-electron chi connectivity index (χ1n) is 8.95. The summed E-state index contributed by atoms with van der Waals surface area (Å²) in [7, 11) is 0. The number of halogens is 4. The number of hydrogen-bond acceptors (Lipinski definition) is 2. The van der Waals surface area contributed by atoms with Gasteiger partial charge in [-0.1, -0.05) is 42.5 Å². The number of benzene rings is 3. The molecule has 0 spiro atoms. The van der Waals surface area contributed by atoms with E-state index in [1.807, 2.05) is 42.5 Å². The zero-order chi connectivity index (χ0) is 20.4. The van der Waals surface area contributed by atoms with Crippen molar-refractivity contribution < 1.29 is 22.5 Å². The fourth-order valence-corrected chi connectivity index (χ4v) is 3.12. The molecule has 0 fully saturated rings. The summed E-state index contributed by atoms with van der Waals surface area (Å²) in [5.74, 6) is -0.415. The van der Waals surface area contributed by atoms with Crippen molar-refractivity contribution in [1.29, 1.82) is 0 Å². The van der Waals surface area contributed by atoms with Gasteiger partial charge in [-0.05, 0) is 40.0 Å². The Kier molecular flexibility index (Phi) is 6.31. The number of nitrogens with zero attached hydrogens (tertiary/aromatic N) is 2. The Morgan fingerprint density at radius 1 is 0.900 bits per heavy atom. The number of carbonyl (C=O) groups is 1. The largest absolute Gasteiger partial charge is 0.416 e. The Bertz CT molecular complexity index is 1190. The van der Waals surface area contributed by atoms with Gasteiger partial charge >= 0.3 is 6.18 Å². The van der Waals surface area contributed by atoms with Crippen LogP contribution in [0, 0.1) is 0 Å². The van der Waals surface area contributed by atoms with Crippen molar-refractivity contribution in [3.8, 4) is 11.3 Å². The van der Waals surface area contributed by atoms with E-state index in [1.54, 1.807) is 16.8 Å². The maximum atomic E-state index is 12.8. The van der Waals surface area contributed by atoms with Gasteiger partial charge in [0, 0.05) is 17.2 Å². The van der Waals surface area contributed by atoms with Gasteiger partial charge in [0.2, 0.25) is 5.78 Å². The Morgan fingerprint density at radius 2 is 1.67 bits per heavy atom. The zero-order valence-electron chi connectivity index (χ0n) is 15.6. The van der Waals surface area contributed by atoms with E-state index in [-0.39, 0.29) is 29.1 Å². The third-order valence-electron chi connectivity index (χ3n) is 4.65. The Labute approximate surface area is 181 Å². The fraction of sp³-hybridized carbons (Fsp3) is 0.0870. The number of fused-ring (bicyclic) bond motifs is 1. The van der Waals surface area contributed by atoms with Crippen LogP contribution in [0.5, 0.6) is 0 Å². The molecule has 0 radical (unpaired) electrons. The van der Waals surface area contributed by atoms with E-state index < -0.39 is 17.5 Å². The second kappa shape index (κ2) is 8.75. The average molecular weight is 474 g/mol. The first-order chi connectivity index (χ1) is 13.9. The lowest BCUT2D eigenvalue weighted by Crippen LogP contribution is -2.37. The molecule has 7 heteroatoms. The van der Waals surface area contributed by atoms with E-state index in [4.69, 9.17) is 0 Å². The van der Waals surface area contributed by atoms with Crippen LogP contribution in [0.1, 0.15) is 15.9 Å². The normalized spacial score (nSPS) is 11.2. The van der Waals surface area contributed by atoms with Gasteiger partial charge in [-0.3, -0.25) is 4.79 Å². The Hall–Kier alpha value is -3.06. The molecule has 0 aliphatic carbocycles. The van der Waals surface area contributed by atoms with Gasteiger partial charge in [-0.25, -0.2) is 4.57 Å². The van der Waals surface area contributed by atoms with Gasteiger partial charge in [-0.15, -0.1) is 17.0 Å². The van der Waals surface area contributed by atoms with E-state index in [2.05, 4.69) is 4.98 Å². The van der Waals surface area contributed by atoms with Crippen LogP contribution in [0.3, 0.4) is 0 Å². The molecule has 0 aliphatic rings. The third-order valence-corrected chi connectivity index (χ3v) is 4.65. The van der Waals surface area contributed by atoms with E-state index in [0.717, 1.165) is 34.2 Å². The van der Waals surface area contributed by atoms with Crippen molar-refractivity contribution in [3.63, 3.8) is 0 Å². The van der Waals surface area contributed by atoms with Crippen molar-refractivity contribution in [2.24, 2.45) is 0 Å². The highest BCUT2D eigenvalue weighted by atomic mass is 79.9. The molecule has 4 aromatic rings. The summed E-state index contributed by atoms with van der Waals surface area (Å²) in [6, 6.07) is 20.3. The number of carbonyl (C=O) groups excluding carboxylic acids is 1. The standard InChI is InChI=1S/C23H16F3N2O.BrH/c24-23(25,26)20-7-3-6-19(13-20)22(29)14-28-11-10-21(27-15-28)18-9-8-16-4-1-2-5-17(16)12-18;/h1-13,15H,14H2;1H/q+1;. The summed E-state index contributed by atoms with van der Waals surface area (Å²) in [6.45, 7) is -0.0910. The van der Waals surface area contributed by atoms with Crippen LogP contribution in [-0.4, -0.2) is 10.8 Å². The van der Waals surface area contributed by atoms with Crippen molar-refractivity contribution in [1.82, 2.24) is 4.98 Å². The highest BCUT2D eigenvalue weighted by Gasteiger charge is 2.31. The number of ketones is 1. The third kappa shape index (κ3) is 4.74. The molecule has 0 amide bonds. The minimum Gasteiger partial charge on any atom is -0.290 e. The molecule has 0 unspecified atom stereocenters. The molecule has 1 heterocycles. The predicted molar refractivity (Wildman–Crippen MR) is 113 cm³/mol. The van der Waals surface area contributed by atoms with Crippen molar-refractivity contribution in [2.75, 3.05) is 0 Å². The van der Waals surface area contributed by atoms with Crippen LogP contribution in [0.4, 0.5) is 13.2 Å². The van der Waals surface area contributed by atoms with Gasteiger partial charge in [-0.2, -0.15) is 13.2 Å². The SMILES string of the molecule is Br.O=C(C[n+]1ccc(-c2ccc3ccccc3c2)nc1)c1cccc(C(F)(F)F)c1. The highest BCUT2D eigenvalue weighted by Crippen LogP contribution is 2.29. The summed E-state index contributed by atoms with van der Waals surface area (Å²) in [5, 5.41) is 2.23. The van der Waals surface area contributed by atoms with Crippen molar-refractivity contribution in [2.45, 2.75) is 12.7 Å². The number of rotatable bonds is 4. The molecule has 0 aliphatic heterocycles. The second-order valence-electron chi connectivity index (χ2n) is 6.68. The lowest BCUT2D eigenvalue weighted by molar-refractivity contribution is -0.686. The minimum atomic E-state index is -4.48. The maximum Gasteiger partial charge on any atom is 0.416 e. The first-order valence-corrected chi connectivity index (χ1v) is 8.95. The van der Waals surface area contributed by atoms with Crippen LogP contribution in [0.25, 0.3) is 22.0 Å². The molecular formula is C23H17BrF3N2O+. The molecule has 4 rings (SSSR count). The molecule has 152 valence electrons. The van der Waals surface area contributed by atoms with Gasteiger partial charge in [0.05, 0.1) is 11.8 Å². The molecular weight excluding hydrogens is 457 g/mol. The molecule has 3 nitrogen and oxygen atoms in total. The van der Waals surface area contributed by atoms with Crippen LogP contribution < -0.4 is 4.57 Å². The molecule has 1 aromatic heterocycles. The molecule has 0 saturated carbocycles. The average Bonchev–Trinajstić information content (AvgIpc) is 2.73. The van der Waals surface area contributed by atoms with Crippen LogP contribution in [0.2, 0.25) is 0 Å². The lowest BCUT2D eigenvalue weighted by atomic mass is 10.1. The van der Waals surface area contributed by atoms with Gasteiger partial charge < -0.3 is 0 Å². The van der Waals surface area contributed by atoms with Gasteiger partial charge in [0.15, 0.2) is 12.2 Å². The highest BCUT2D eigenvalue weighted by molar-refractivity contribution is 8.93. The number of Topliss-reactive ketones (excluding diaryl/α,β-unsaturated/α-hetero) is 1. The fourth-order valence-electron chi connectivity index (χ4n) is 3.12. The quantitative estimate of drug-likeness (QED) is 0.282.